The first-order chi connectivity index (χ1) is 19.1. The van der Waals surface area contributed by atoms with Gasteiger partial charge in [-0.1, -0.05) is 37.8 Å². The monoisotopic (exact) mass is 556 g/mol. The number of hydrogen-bond acceptors (Lipinski definition) is 7. The van der Waals surface area contributed by atoms with E-state index in [1.807, 2.05) is 24.3 Å². The molecule has 1 aromatic carbocycles. The first-order valence-electron chi connectivity index (χ1n) is 14.7. The molecule has 2 aliphatic carbocycles. The van der Waals surface area contributed by atoms with Crippen LogP contribution >= 0.6 is 0 Å². The van der Waals surface area contributed by atoms with E-state index in [4.69, 9.17) is 9.47 Å². The van der Waals surface area contributed by atoms with Crippen LogP contribution in [-0.2, 0) is 30.3 Å². The van der Waals surface area contributed by atoms with Crippen molar-refractivity contribution in [1.82, 2.24) is 10.6 Å². The van der Waals surface area contributed by atoms with Crippen molar-refractivity contribution in [2.45, 2.75) is 102 Å². The van der Waals surface area contributed by atoms with Crippen LogP contribution in [0.25, 0.3) is 0 Å². The summed E-state index contributed by atoms with van der Waals surface area (Å²) in [7, 11) is 1.58. The summed E-state index contributed by atoms with van der Waals surface area (Å²) in [4.78, 5) is 53.0. The van der Waals surface area contributed by atoms with E-state index in [9.17, 15) is 24.3 Å². The molecule has 1 unspecified atom stereocenters. The minimum absolute atomic E-state index is 0.0787. The number of amides is 2. The van der Waals surface area contributed by atoms with Gasteiger partial charge in [0.25, 0.3) is 0 Å². The molecule has 0 radical (unpaired) electrons. The van der Waals surface area contributed by atoms with Gasteiger partial charge < -0.3 is 25.2 Å². The number of carbonyl (C=O) groups is 4. The average Bonchev–Trinajstić information content (AvgIpc) is 3.28. The highest BCUT2D eigenvalue weighted by atomic mass is 16.6. The van der Waals surface area contributed by atoms with Gasteiger partial charge in [-0.2, -0.15) is 0 Å². The molecule has 9 nitrogen and oxygen atoms in total. The molecule has 2 saturated carbocycles. The van der Waals surface area contributed by atoms with Crippen molar-refractivity contribution in [3.05, 3.63) is 29.8 Å². The summed E-state index contributed by atoms with van der Waals surface area (Å²) in [5, 5.41) is 15.6. The topological polar surface area (TPSA) is 134 Å². The number of aliphatic hydroxyl groups excluding tert-OH is 1. The van der Waals surface area contributed by atoms with Crippen molar-refractivity contribution >= 4 is 23.4 Å². The lowest BCUT2D eigenvalue weighted by Gasteiger charge is -2.26. The molecule has 2 amide bonds. The lowest BCUT2D eigenvalue weighted by atomic mass is 9.88. The number of methoxy groups -OCH3 is 1. The number of benzene rings is 1. The number of Topliss-reactive ketones (excluding diaryl/α,β-unsaturated/α-hetero) is 2. The van der Waals surface area contributed by atoms with Crippen molar-refractivity contribution < 1.29 is 33.8 Å². The highest BCUT2D eigenvalue weighted by molar-refractivity contribution is 5.98. The fourth-order valence-electron chi connectivity index (χ4n) is 6.05. The van der Waals surface area contributed by atoms with Crippen LogP contribution in [0.3, 0.4) is 0 Å². The summed E-state index contributed by atoms with van der Waals surface area (Å²) in [6.45, 7) is 3.74. The SMILES string of the molecule is COc1ccc(C[C@H](CC(=O)[C@@H](C)NC(=O)C2CC[C@@H](O)C2)C(=O)N[C@@H](CC2CCCC2)C(=O)[C@@]2(C)CO2)cc1. The molecule has 1 saturated heterocycles. The van der Waals surface area contributed by atoms with Crippen molar-refractivity contribution in [3.8, 4) is 5.75 Å². The molecule has 1 heterocycles. The standard InChI is InChI=1S/C31H44N2O7/c1-19(32-29(37)22-10-11-24(34)16-22)27(35)17-23(14-21-8-12-25(39-3)13-9-21)30(38)33-26(15-20-6-4-5-7-20)28(36)31(2)18-40-31/h8-9,12-13,19-20,22-24,26,34H,4-7,10-11,14-18H2,1-3H3,(H,32,37)(H,33,38)/t19-,22?,23-,24-,26+,31-/m1/s1. The van der Waals surface area contributed by atoms with Gasteiger partial charge in [0.2, 0.25) is 11.8 Å². The van der Waals surface area contributed by atoms with Crippen LogP contribution in [0.1, 0.15) is 77.2 Å². The number of epoxide rings is 1. The molecule has 0 aromatic heterocycles. The number of ketones is 2. The Morgan fingerprint density at radius 2 is 1.75 bits per heavy atom. The maximum absolute atomic E-state index is 13.7. The van der Waals surface area contributed by atoms with Crippen molar-refractivity contribution in [2.24, 2.45) is 17.8 Å². The largest absolute Gasteiger partial charge is 0.497 e. The Morgan fingerprint density at radius 1 is 1.07 bits per heavy atom. The molecule has 3 aliphatic rings. The molecule has 6 atom stereocenters. The second-order valence-electron chi connectivity index (χ2n) is 12.1. The molecular formula is C31H44N2O7. The first-order valence-corrected chi connectivity index (χ1v) is 14.7. The number of aliphatic hydroxyl groups is 1. The number of rotatable bonds is 14. The fraction of sp³-hybridized carbons (Fsp3) is 0.677. The third-order valence-electron chi connectivity index (χ3n) is 8.85. The van der Waals surface area contributed by atoms with Crippen molar-refractivity contribution in [3.63, 3.8) is 0 Å². The minimum Gasteiger partial charge on any atom is -0.497 e. The van der Waals surface area contributed by atoms with Gasteiger partial charge in [-0.3, -0.25) is 19.2 Å². The van der Waals surface area contributed by atoms with Gasteiger partial charge in [-0.05, 0) is 69.6 Å². The Balaban J connectivity index is 1.46. The van der Waals surface area contributed by atoms with Gasteiger partial charge in [-0.15, -0.1) is 0 Å². The van der Waals surface area contributed by atoms with Crippen LogP contribution in [0, 0.1) is 17.8 Å². The normalized spacial score (nSPS) is 26.5. The Labute approximate surface area is 236 Å². The zero-order valence-corrected chi connectivity index (χ0v) is 23.9. The Hall–Kier alpha value is -2.78. The molecule has 1 aromatic rings. The maximum atomic E-state index is 13.7. The van der Waals surface area contributed by atoms with E-state index in [2.05, 4.69) is 10.6 Å². The third-order valence-corrected chi connectivity index (χ3v) is 8.85. The van der Waals surface area contributed by atoms with Gasteiger partial charge >= 0.3 is 0 Å². The summed E-state index contributed by atoms with van der Waals surface area (Å²) in [5.41, 5.74) is 0.00585. The number of hydrogen-bond donors (Lipinski definition) is 3. The van der Waals surface area contributed by atoms with E-state index < -0.39 is 29.7 Å². The van der Waals surface area contributed by atoms with Crippen molar-refractivity contribution in [2.75, 3.05) is 13.7 Å². The second kappa shape index (κ2) is 13.3. The fourth-order valence-corrected chi connectivity index (χ4v) is 6.05. The van der Waals surface area contributed by atoms with Crippen LogP contribution < -0.4 is 15.4 Å². The molecule has 0 bridgehead atoms. The van der Waals surface area contributed by atoms with E-state index in [1.54, 1.807) is 21.0 Å². The molecule has 3 N–H and O–H groups in total. The number of ether oxygens (including phenoxy) is 2. The highest BCUT2D eigenvalue weighted by Gasteiger charge is 2.50. The van der Waals surface area contributed by atoms with E-state index in [-0.39, 0.29) is 35.7 Å². The molecule has 3 fully saturated rings. The molecule has 4 rings (SSSR count). The maximum Gasteiger partial charge on any atom is 0.224 e. The predicted molar refractivity (Wildman–Crippen MR) is 149 cm³/mol. The van der Waals surface area contributed by atoms with Gasteiger partial charge in [-0.25, -0.2) is 0 Å². The number of nitrogens with one attached hydrogen (secondary N) is 2. The Bertz CT molecular complexity index is 1060. The third kappa shape index (κ3) is 7.91. The summed E-state index contributed by atoms with van der Waals surface area (Å²) in [6, 6.07) is 5.90. The zero-order chi connectivity index (χ0) is 28.9. The Kier molecular flexibility index (Phi) is 10.0. The molecule has 220 valence electrons. The van der Waals surface area contributed by atoms with Crippen LogP contribution in [0.5, 0.6) is 5.75 Å². The molecule has 0 spiro atoms. The van der Waals surface area contributed by atoms with Crippen LogP contribution in [0.15, 0.2) is 24.3 Å². The summed E-state index contributed by atoms with van der Waals surface area (Å²) in [5.74, 6) is -0.914. The van der Waals surface area contributed by atoms with E-state index in [1.165, 1.54) is 0 Å². The predicted octanol–water partition coefficient (Wildman–Crippen LogP) is 2.90. The van der Waals surface area contributed by atoms with E-state index >= 15 is 0 Å². The second-order valence-corrected chi connectivity index (χ2v) is 12.1. The molecular weight excluding hydrogens is 512 g/mol. The summed E-state index contributed by atoms with van der Waals surface area (Å²) < 4.78 is 10.7. The molecule has 9 heteroatoms. The summed E-state index contributed by atoms with van der Waals surface area (Å²) in [6.07, 6.45) is 6.23. The van der Waals surface area contributed by atoms with Crippen LogP contribution in [0.2, 0.25) is 0 Å². The van der Waals surface area contributed by atoms with Crippen LogP contribution in [0.4, 0.5) is 0 Å². The quantitative estimate of drug-likeness (QED) is 0.300. The van der Waals surface area contributed by atoms with Gasteiger partial charge in [0, 0.05) is 18.3 Å². The van der Waals surface area contributed by atoms with Crippen molar-refractivity contribution in [1.29, 1.82) is 0 Å². The lowest BCUT2D eigenvalue weighted by Crippen LogP contribution is -2.50. The van der Waals surface area contributed by atoms with Gasteiger partial charge in [0.15, 0.2) is 11.6 Å². The summed E-state index contributed by atoms with van der Waals surface area (Å²) >= 11 is 0. The molecule has 1 aliphatic heterocycles. The number of carbonyl (C=O) groups excluding carboxylic acids is 4. The van der Waals surface area contributed by atoms with Crippen LogP contribution in [-0.4, -0.2) is 66.0 Å². The lowest BCUT2D eigenvalue weighted by molar-refractivity contribution is -0.135. The van der Waals surface area contributed by atoms with E-state index in [0.29, 0.717) is 50.4 Å². The van der Waals surface area contributed by atoms with Gasteiger partial charge in [0.05, 0.1) is 31.9 Å². The highest BCUT2D eigenvalue weighted by Crippen LogP contribution is 2.34. The van der Waals surface area contributed by atoms with Gasteiger partial charge in [0.1, 0.15) is 11.4 Å². The Morgan fingerprint density at radius 3 is 2.33 bits per heavy atom. The smallest absolute Gasteiger partial charge is 0.224 e. The first kappa shape index (κ1) is 30.2. The zero-order valence-electron chi connectivity index (χ0n) is 23.9. The minimum atomic E-state index is -0.857. The van der Waals surface area contributed by atoms with E-state index in [0.717, 1.165) is 31.2 Å². The molecule has 40 heavy (non-hydrogen) atoms. The average molecular weight is 557 g/mol.